The minimum Gasteiger partial charge on any atom is -0.273 e. The lowest BCUT2D eigenvalue weighted by Gasteiger charge is -2.17. The summed E-state index contributed by atoms with van der Waals surface area (Å²) >= 11 is 3.42. The molecule has 4 heteroatoms. The molecule has 1 aliphatic heterocycles. The van der Waals surface area contributed by atoms with E-state index in [-0.39, 0.29) is 11.8 Å². The maximum Gasteiger partial charge on any atom is 0.245 e. The number of nitrogens with zero attached hydrogens (tertiary/aromatic N) is 1. The normalized spacial score (nSPS) is 21.7. The van der Waals surface area contributed by atoms with E-state index < -0.39 is 0 Å². The van der Waals surface area contributed by atoms with Crippen LogP contribution >= 0.6 is 15.9 Å². The van der Waals surface area contributed by atoms with Crippen molar-refractivity contribution in [1.82, 2.24) is 5.43 Å². The molecule has 1 aromatic rings. The fourth-order valence-corrected chi connectivity index (χ4v) is 1.91. The van der Waals surface area contributed by atoms with Crippen molar-refractivity contribution in [2.24, 2.45) is 5.92 Å². The number of amides is 1. The molecule has 1 atom stereocenters. The lowest BCUT2D eigenvalue weighted by atomic mass is 10.2. The summed E-state index contributed by atoms with van der Waals surface area (Å²) in [6, 6.07) is 7.68. The number of hydrazine groups is 1. The van der Waals surface area contributed by atoms with E-state index in [0.29, 0.717) is 6.54 Å². The van der Waals surface area contributed by atoms with Crippen molar-refractivity contribution in [2.75, 3.05) is 11.6 Å². The second-order valence-corrected chi connectivity index (χ2v) is 4.24. The molecule has 2 rings (SSSR count). The molecule has 0 spiro atoms. The third-order valence-corrected chi connectivity index (χ3v) is 2.96. The summed E-state index contributed by atoms with van der Waals surface area (Å²) in [4.78, 5) is 11.7. The average Bonchev–Trinajstić information content (AvgIpc) is 2.49. The van der Waals surface area contributed by atoms with Gasteiger partial charge >= 0.3 is 0 Å². The number of hydrogen-bond donors (Lipinski definition) is 1. The monoisotopic (exact) mass is 254 g/mol. The Morgan fingerprint density at radius 2 is 2.21 bits per heavy atom. The van der Waals surface area contributed by atoms with Gasteiger partial charge in [-0.25, -0.2) is 10.4 Å². The number of carbonyl (C=O) groups is 1. The van der Waals surface area contributed by atoms with Gasteiger partial charge in [0.25, 0.3) is 0 Å². The SMILES string of the molecule is CC1CNN(c2ccccc2Br)C1=O. The largest absolute Gasteiger partial charge is 0.273 e. The second-order valence-electron chi connectivity index (χ2n) is 3.39. The maximum absolute atomic E-state index is 11.7. The number of para-hydroxylation sites is 1. The number of halogens is 1. The Hall–Kier alpha value is -0.870. The standard InChI is InChI=1S/C10H11BrN2O/c1-7-6-12-13(10(7)14)9-5-3-2-4-8(9)11/h2-5,7,12H,6H2,1H3. The van der Waals surface area contributed by atoms with Crippen LogP contribution in [0.25, 0.3) is 0 Å². The zero-order chi connectivity index (χ0) is 10.1. The topological polar surface area (TPSA) is 32.3 Å². The number of anilines is 1. The summed E-state index contributed by atoms with van der Waals surface area (Å²) in [5.41, 5.74) is 3.94. The molecule has 0 radical (unpaired) electrons. The summed E-state index contributed by atoms with van der Waals surface area (Å²) in [6.07, 6.45) is 0. The highest BCUT2D eigenvalue weighted by molar-refractivity contribution is 9.10. The molecular weight excluding hydrogens is 244 g/mol. The Morgan fingerprint density at radius 3 is 2.79 bits per heavy atom. The Labute approximate surface area is 91.2 Å². The summed E-state index contributed by atoms with van der Waals surface area (Å²) in [5, 5.41) is 1.61. The van der Waals surface area contributed by atoms with E-state index in [1.807, 2.05) is 31.2 Å². The van der Waals surface area contributed by atoms with Crippen LogP contribution < -0.4 is 10.4 Å². The van der Waals surface area contributed by atoms with Gasteiger partial charge in [-0.2, -0.15) is 0 Å². The molecule has 1 fully saturated rings. The summed E-state index contributed by atoms with van der Waals surface area (Å²) in [5.74, 6) is 0.180. The smallest absolute Gasteiger partial charge is 0.245 e. The number of carbonyl (C=O) groups excluding carboxylic acids is 1. The minimum absolute atomic E-state index is 0.0575. The average molecular weight is 255 g/mol. The van der Waals surface area contributed by atoms with Gasteiger partial charge in [0.05, 0.1) is 11.6 Å². The number of benzene rings is 1. The number of hydrogen-bond acceptors (Lipinski definition) is 2. The number of nitrogens with one attached hydrogen (secondary N) is 1. The highest BCUT2D eigenvalue weighted by Gasteiger charge is 2.29. The molecule has 1 heterocycles. The van der Waals surface area contributed by atoms with Crippen molar-refractivity contribution in [2.45, 2.75) is 6.92 Å². The molecule has 74 valence electrons. The Kier molecular flexibility index (Phi) is 2.56. The van der Waals surface area contributed by atoms with Crippen LogP contribution in [0.1, 0.15) is 6.92 Å². The van der Waals surface area contributed by atoms with Crippen LogP contribution in [0.15, 0.2) is 28.7 Å². The van der Waals surface area contributed by atoms with Gasteiger partial charge in [0.2, 0.25) is 5.91 Å². The van der Waals surface area contributed by atoms with Crippen molar-refractivity contribution >= 4 is 27.5 Å². The van der Waals surface area contributed by atoms with Gasteiger partial charge < -0.3 is 0 Å². The lowest BCUT2D eigenvalue weighted by Crippen LogP contribution is -2.34. The zero-order valence-electron chi connectivity index (χ0n) is 7.83. The van der Waals surface area contributed by atoms with Gasteiger partial charge in [-0.15, -0.1) is 0 Å². The predicted molar refractivity (Wildman–Crippen MR) is 58.8 cm³/mol. The molecule has 1 saturated heterocycles. The molecule has 1 unspecified atom stereocenters. The maximum atomic E-state index is 11.7. The van der Waals surface area contributed by atoms with Gasteiger partial charge in [-0.3, -0.25) is 4.79 Å². The summed E-state index contributed by atoms with van der Waals surface area (Å²) in [7, 11) is 0. The Morgan fingerprint density at radius 1 is 1.50 bits per heavy atom. The van der Waals surface area contributed by atoms with E-state index in [1.165, 1.54) is 0 Å². The van der Waals surface area contributed by atoms with E-state index in [4.69, 9.17) is 0 Å². The van der Waals surface area contributed by atoms with Crippen LogP contribution in [0.2, 0.25) is 0 Å². The quantitative estimate of drug-likeness (QED) is 0.831. The first-order valence-electron chi connectivity index (χ1n) is 4.52. The first kappa shape index (κ1) is 9.68. The molecule has 1 aliphatic rings. The van der Waals surface area contributed by atoms with E-state index >= 15 is 0 Å². The van der Waals surface area contributed by atoms with Crippen LogP contribution in [-0.4, -0.2) is 12.5 Å². The lowest BCUT2D eigenvalue weighted by molar-refractivity contribution is -0.119. The van der Waals surface area contributed by atoms with E-state index in [1.54, 1.807) is 5.01 Å². The third kappa shape index (κ3) is 1.55. The van der Waals surface area contributed by atoms with Gasteiger partial charge in [-0.1, -0.05) is 19.1 Å². The van der Waals surface area contributed by atoms with Crippen LogP contribution in [-0.2, 0) is 4.79 Å². The molecular formula is C10H11BrN2O. The highest BCUT2D eigenvalue weighted by Crippen LogP contribution is 2.27. The van der Waals surface area contributed by atoms with Crippen LogP contribution in [0.5, 0.6) is 0 Å². The van der Waals surface area contributed by atoms with Crippen LogP contribution in [0.3, 0.4) is 0 Å². The van der Waals surface area contributed by atoms with Crippen molar-refractivity contribution in [1.29, 1.82) is 0 Å². The second kappa shape index (κ2) is 3.71. The molecule has 0 aromatic heterocycles. The fraction of sp³-hybridized carbons (Fsp3) is 0.300. The van der Waals surface area contributed by atoms with Crippen LogP contribution in [0.4, 0.5) is 5.69 Å². The van der Waals surface area contributed by atoms with Crippen molar-refractivity contribution < 1.29 is 4.79 Å². The zero-order valence-corrected chi connectivity index (χ0v) is 9.41. The highest BCUT2D eigenvalue weighted by atomic mass is 79.9. The third-order valence-electron chi connectivity index (χ3n) is 2.29. The van der Waals surface area contributed by atoms with E-state index in [0.717, 1.165) is 10.2 Å². The molecule has 1 N–H and O–H groups in total. The summed E-state index contributed by atoms with van der Waals surface area (Å²) < 4.78 is 0.926. The molecule has 1 aromatic carbocycles. The molecule has 0 aliphatic carbocycles. The molecule has 3 nitrogen and oxygen atoms in total. The molecule has 1 amide bonds. The van der Waals surface area contributed by atoms with Gasteiger partial charge in [0.1, 0.15) is 0 Å². The molecule has 0 bridgehead atoms. The predicted octanol–water partition coefficient (Wildman–Crippen LogP) is 1.94. The van der Waals surface area contributed by atoms with E-state index in [9.17, 15) is 4.79 Å². The van der Waals surface area contributed by atoms with Crippen molar-refractivity contribution in [3.05, 3.63) is 28.7 Å². The molecule has 0 saturated carbocycles. The molecule has 14 heavy (non-hydrogen) atoms. The Balaban J connectivity index is 2.33. The van der Waals surface area contributed by atoms with Gasteiger partial charge in [-0.05, 0) is 28.1 Å². The van der Waals surface area contributed by atoms with Crippen molar-refractivity contribution in [3.63, 3.8) is 0 Å². The van der Waals surface area contributed by atoms with Gasteiger partial charge in [0, 0.05) is 11.0 Å². The van der Waals surface area contributed by atoms with E-state index in [2.05, 4.69) is 21.4 Å². The summed E-state index contributed by atoms with van der Waals surface area (Å²) in [6.45, 7) is 2.63. The fourth-order valence-electron chi connectivity index (χ4n) is 1.45. The Bertz CT molecular complexity index is 367. The van der Waals surface area contributed by atoms with Crippen molar-refractivity contribution in [3.8, 4) is 0 Å². The first-order valence-corrected chi connectivity index (χ1v) is 5.31. The number of rotatable bonds is 1. The van der Waals surface area contributed by atoms with Gasteiger partial charge in [0.15, 0.2) is 0 Å². The first-order chi connectivity index (χ1) is 6.70. The minimum atomic E-state index is 0.0575. The van der Waals surface area contributed by atoms with Crippen LogP contribution in [0, 0.1) is 5.92 Å².